The second-order valence-corrected chi connectivity index (χ2v) is 5.16. The SMILES string of the molecule is COc1ccc(C#CCN)c(CN2CCC(C)C2)c1. The van der Waals surface area contributed by atoms with E-state index in [4.69, 9.17) is 10.5 Å². The number of ether oxygens (including phenoxy) is 1. The summed E-state index contributed by atoms with van der Waals surface area (Å²) in [6.45, 7) is 5.98. The molecular formula is C16H22N2O. The monoisotopic (exact) mass is 258 g/mol. The van der Waals surface area contributed by atoms with E-state index in [1.165, 1.54) is 25.1 Å². The Kier molecular flexibility index (Phi) is 4.84. The lowest BCUT2D eigenvalue weighted by Gasteiger charge is -2.17. The van der Waals surface area contributed by atoms with Crippen molar-refractivity contribution < 1.29 is 4.74 Å². The Balaban J connectivity index is 2.19. The van der Waals surface area contributed by atoms with Crippen LogP contribution in [0.2, 0.25) is 0 Å². The van der Waals surface area contributed by atoms with Crippen molar-refractivity contribution in [2.45, 2.75) is 19.9 Å². The Morgan fingerprint density at radius 3 is 2.95 bits per heavy atom. The Morgan fingerprint density at radius 2 is 2.32 bits per heavy atom. The molecule has 0 bridgehead atoms. The Hall–Kier alpha value is -1.50. The first-order valence-electron chi connectivity index (χ1n) is 6.81. The van der Waals surface area contributed by atoms with Crippen LogP contribution in [-0.2, 0) is 6.54 Å². The molecule has 1 aromatic carbocycles. The van der Waals surface area contributed by atoms with Gasteiger partial charge in [-0.1, -0.05) is 18.8 Å². The summed E-state index contributed by atoms with van der Waals surface area (Å²) in [4.78, 5) is 2.48. The van der Waals surface area contributed by atoms with Gasteiger partial charge in [-0.25, -0.2) is 0 Å². The van der Waals surface area contributed by atoms with Gasteiger partial charge in [0.15, 0.2) is 0 Å². The zero-order valence-electron chi connectivity index (χ0n) is 11.8. The van der Waals surface area contributed by atoms with Gasteiger partial charge in [0, 0.05) is 18.7 Å². The highest BCUT2D eigenvalue weighted by Gasteiger charge is 2.19. The van der Waals surface area contributed by atoms with Crippen molar-refractivity contribution in [3.8, 4) is 17.6 Å². The van der Waals surface area contributed by atoms with Crippen LogP contribution in [0, 0.1) is 17.8 Å². The van der Waals surface area contributed by atoms with E-state index in [-0.39, 0.29) is 0 Å². The highest BCUT2D eigenvalue weighted by molar-refractivity contribution is 5.45. The maximum Gasteiger partial charge on any atom is 0.119 e. The van der Waals surface area contributed by atoms with Gasteiger partial charge in [-0.15, -0.1) is 0 Å². The molecule has 1 fully saturated rings. The molecule has 1 atom stereocenters. The highest BCUT2D eigenvalue weighted by atomic mass is 16.5. The number of nitrogens with two attached hydrogens (primary N) is 1. The predicted octanol–water partition coefficient (Wildman–Crippen LogP) is 1.85. The number of likely N-dealkylation sites (tertiary alicyclic amines) is 1. The van der Waals surface area contributed by atoms with Gasteiger partial charge in [0.1, 0.15) is 5.75 Å². The lowest BCUT2D eigenvalue weighted by atomic mass is 10.1. The third-order valence-electron chi connectivity index (χ3n) is 3.54. The van der Waals surface area contributed by atoms with E-state index in [0.29, 0.717) is 6.54 Å². The second kappa shape index (κ2) is 6.60. The van der Waals surface area contributed by atoms with Crippen LogP contribution in [0.5, 0.6) is 5.75 Å². The zero-order chi connectivity index (χ0) is 13.7. The molecule has 0 radical (unpaired) electrons. The van der Waals surface area contributed by atoms with E-state index in [1.807, 2.05) is 12.1 Å². The zero-order valence-corrected chi connectivity index (χ0v) is 11.8. The number of methoxy groups -OCH3 is 1. The number of nitrogens with zero attached hydrogens (tertiary/aromatic N) is 1. The average molecular weight is 258 g/mol. The Morgan fingerprint density at radius 1 is 1.47 bits per heavy atom. The predicted molar refractivity (Wildman–Crippen MR) is 78.0 cm³/mol. The molecule has 1 saturated heterocycles. The van der Waals surface area contributed by atoms with Gasteiger partial charge in [-0.05, 0) is 42.6 Å². The Labute approximate surface area is 115 Å². The molecule has 1 unspecified atom stereocenters. The van der Waals surface area contributed by atoms with Crippen LogP contribution in [0.1, 0.15) is 24.5 Å². The first-order chi connectivity index (χ1) is 9.22. The first-order valence-corrected chi connectivity index (χ1v) is 6.81. The third-order valence-corrected chi connectivity index (χ3v) is 3.54. The van der Waals surface area contributed by atoms with Gasteiger partial charge >= 0.3 is 0 Å². The minimum Gasteiger partial charge on any atom is -0.497 e. The largest absolute Gasteiger partial charge is 0.497 e. The molecule has 3 heteroatoms. The van der Waals surface area contributed by atoms with E-state index < -0.39 is 0 Å². The summed E-state index contributed by atoms with van der Waals surface area (Å²) in [7, 11) is 1.70. The molecule has 0 aliphatic carbocycles. The summed E-state index contributed by atoms with van der Waals surface area (Å²) >= 11 is 0. The standard InChI is InChI=1S/C16H22N2O/c1-13-7-9-18(11-13)12-15-10-16(19-2)6-5-14(15)4-3-8-17/h5-6,10,13H,7-9,11-12,17H2,1-2H3. The lowest BCUT2D eigenvalue weighted by Crippen LogP contribution is -2.20. The molecule has 2 rings (SSSR count). The van der Waals surface area contributed by atoms with Gasteiger partial charge in [0.25, 0.3) is 0 Å². The molecule has 1 aliphatic heterocycles. The summed E-state index contributed by atoms with van der Waals surface area (Å²) in [6, 6.07) is 6.07. The van der Waals surface area contributed by atoms with Crippen LogP contribution in [-0.4, -0.2) is 31.6 Å². The summed E-state index contributed by atoms with van der Waals surface area (Å²) in [6.07, 6.45) is 1.29. The van der Waals surface area contributed by atoms with Crippen molar-refractivity contribution in [2.24, 2.45) is 11.7 Å². The molecule has 1 heterocycles. The fourth-order valence-electron chi connectivity index (χ4n) is 2.51. The fourth-order valence-corrected chi connectivity index (χ4v) is 2.51. The van der Waals surface area contributed by atoms with E-state index >= 15 is 0 Å². The van der Waals surface area contributed by atoms with Crippen LogP contribution in [0.4, 0.5) is 0 Å². The number of benzene rings is 1. The third kappa shape index (κ3) is 3.73. The average Bonchev–Trinajstić information content (AvgIpc) is 2.82. The summed E-state index contributed by atoms with van der Waals surface area (Å²) in [5, 5.41) is 0. The molecule has 3 nitrogen and oxygen atoms in total. The van der Waals surface area contributed by atoms with Gasteiger partial charge in [0.2, 0.25) is 0 Å². The van der Waals surface area contributed by atoms with Crippen LogP contribution in [0.15, 0.2) is 18.2 Å². The van der Waals surface area contributed by atoms with E-state index in [9.17, 15) is 0 Å². The molecule has 0 aromatic heterocycles. The first kappa shape index (κ1) is 13.9. The van der Waals surface area contributed by atoms with Crippen LogP contribution >= 0.6 is 0 Å². The molecule has 19 heavy (non-hydrogen) atoms. The van der Waals surface area contributed by atoms with Crippen molar-refractivity contribution in [1.82, 2.24) is 4.90 Å². The quantitative estimate of drug-likeness (QED) is 0.841. The van der Waals surface area contributed by atoms with E-state index in [0.717, 1.165) is 23.8 Å². The van der Waals surface area contributed by atoms with Gasteiger partial charge in [-0.3, -0.25) is 4.90 Å². The molecule has 0 saturated carbocycles. The number of hydrogen-bond donors (Lipinski definition) is 1. The van der Waals surface area contributed by atoms with Crippen molar-refractivity contribution in [3.63, 3.8) is 0 Å². The van der Waals surface area contributed by atoms with Gasteiger partial charge in [-0.2, -0.15) is 0 Å². The van der Waals surface area contributed by atoms with Crippen LogP contribution in [0.3, 0.4) is 0 Å². The number of rotatable bonds is 3. The smallest absolute Gasteiger partial charge is 0.119 e. The van der Waals surface area contributed by atoms with E-state index in [2.05, 4.69) is 29.7 Å². The molecule has 0 spiro atoms. The molecule has 1 aromatic rings. The van der Waals surface area contributed by atoms with Crippen molar-refractivity contribution in [2.75, 3.05) is 26.7 Å². The number of hydrogen-bond acceptors (Lipinski definition) is 3. The topological polar surface area (TPSA) is 38.5 Å². The molecule has 102 valence electrons. The molecule has 2 N–H and O–H groups in total. The fraction of sp³-hybridized carbons (Fsp3) is 0.500. The van der Waals surface area contributed by atoms with Gasteiger partial charge < -0.3 is 10.5 Å². The lowest BCUT2D eigenvalue weighted by molar-refractivity contribution is 0.319. The summed E-state index contributed by atoms with van der Waals surface area (Å²) < 4.78 is 5.31. The maximum absolute atomic E-state index is 5.46. The summed E-state index contributed by atoms with van der Waals surface area (Å²) in [5.41, 5.74) is 7.75. The minimum absolute atomic E-state index is 0.395. The van der Waals surface area contributed by atoms with Crippen LogP contribution < -0.4 is 10.5 Å². The molecular weight excluding hydrogens is 236 g/mol. The highest BCUT2D eigenvalue weighted by Crippen LogP contribution is 2.22. The summed E-state index contributed by atoms with van der Waals surface area (Å²) in [5.74, 6) is 7.77. The van der Waals surface area contributed by atoms with Crippen molar-refractivity contribution in [3.05, 3.63) is 29.3 Å². The van der Waals surface area contributed by atoms with Crippen molar-refractivity contribution in [1.29, 1.82) is 0 Å². The van der Waals surface area contributed by atoms with Crippen molar-refractivity contribution >= 4 is 0 Å². The van der Waals surface area contributed by atoms with Crippen LogP contribution in [0.25, 0.3) is 0 Å². The molecule has 0 amide bonds. The van der Waals surface area contributed by atoms with Gasteiger partial charge in [0.05, 0.1) is 13.7 Å². The maximum atomic E-state index is 5.46. The van der Waals surface area contributed by atoms with E-state index in [1.54, 1.807) is 7.11 Å². The Bertz CT molecular complexity index is 487. The normalized spacial score (nSPS) is 19.0. The minimum atomic E-state index is 0.395. The molecule has 1 aliphatic rings. The second-order valence-electron chi connectivity index (χ2n) is 5.16.